The van der Waals surface area contributed by atoms with Crippen LogP contribution in [-0.2, 0) is 0 Å². The van der Waals surface area contributed by atoms with Gasteiger partial charge in [-0.05, 0) is 31.2 Å². The van der Waals surface area contributed by atoms with E-state index in [-0.39, 0.29) is 5.75 Å². The predicted molar refractivity (Wildman–Crippen MR) is 74.7 cm³/mol. The lowest BCUT2D eigenvalue weighted by Crippen LogP contribution is -1.90. The van der Waals surface area contributed by atoms with Crippen LogP contribution in [0.25, 0.3) is 10.9 Å². The summed E-state index contributed by atoms with van der Waals surface area (Å²) in [6.07, 6.45) is 0. The third-order valence-electron chi connectivity index (χ3n) is 2.89. The van der Waals surface area contributed by atoms with Crippen LogP contribution in [0.4, 0.5) is 0 Å². The molecule has 0 saturated heterocycles. The first-order chi connectivity index (χ1) is 9.24. The largest absolute Gasteiger partial charge is 0.504 e. The zero-order valence-electron chi connectivity index (χ0n) is 10.5. The smallest absolute Gasteiger partial charge is 0.169 e. The number of fused-ring (bicyclic) bond motifs is 1. The van der Waals surface area contributed by atoms with Crippen molar-refractivity contribution in [2.45, 2.75) is 6.92 Å². The highest BCUT2D eigenvalue weighted by molar-refractivity contribution is 5.85. The number of pyridine rings is 1. The lowest BCUT2D eigenvalue weighted by Gasteiger charge is -2.10. The van der Waals surface area contributed by atoms with Crippen LogP contribution in [-0.4, -0.2) is 10.1 Å². The molecule has 1 aromatic heterocycles. The van der Waals surface area contributed by atoms with Crippen molar-refractivity contribution in [1.29, 1.82) is 0 Å². The van der Waals surface area contributed by atoms with Gasteiger partial charge in [0.2, 0.25) is 0 Å². The van der Waals surface area contributed by atoms with Gasteiger partial charge in [0.25, 0.3) is 0 Å². The number of aryl methyl sites for hydroxylation is 1. The summed E-state index contributed by atoms with van der Waals surface area (Å²) in [5.74, 6) is 1.27. The van der Waals surface area contributed by atoms with Gasteiger partial charge in [-0.3, -0.25) is 4.98 Å². The van der Waals surface area contributed by atoms with Gasteiger partial charge >= 0.3 is 0 Å². The van der Waals surface area contributed by atoms with Crippen molar-refractivity contribution in [3.05, 3.63) is 60.3 Å². The van der Waals surface area contributed by atoms with Gasteiger partial charge in [-0.1, -0.05) is 24.3 Å². The minimum absolute atomic E-state index is 0.126. The van der Waals surface area contributed by atoms with Gasteiger partial charge in [-0.25, -0.2) is 0 Å². The summed E-state index contributed by atoms with van der Waals surface area (Å²) in [6, 6.07) is 16.6. The molecule has 94 valence electrons. The predicted octanol–water partition coefficient (Wildman–Crippen LogP) is 4.04. The molecule has 1 heterocycles. The number of hydrogen-bond acceptors (Lipinski definition) is 3. The Labute approximate surface area is 111 Å². The van der Waals surface area contributed by atoms with Gasteiger partial charge in [0, 0.05) is 17.1 Å². The molecule has 0 amide bonds. The molecule has 1 N–H and O–H groups in total. The first-order valence-corrected chi connectivity index (χ1v) is 6.06. The van der Waals surface area contributed by atoms with E-state index < -0.39 is 0 Å². The van der Waals surface area contributed by atoms with Gasteiger partial charge in [-0.15, -0.1) is 0 Å². The highest BCUT2D eigenvalue weighted by atomic mass is 16.5. The molecule has 2 aromatic carbocycles. The maximum absolute atomic E-state index is 9.77. The first kappa shape index (κ1) is 11.5. The lowest BCUT2D eigenvalue weighted by atomic mass is 10.2. The number of benzene rings is 2. The Morgan fingerprint density at radius 3 is 2.53 bits per heavy atom. The van der Waals surface area contributed by atoms with Gasteiger partial charge in [0.15, 0.2) is 11.5 Å². The van der Waals surface area contributed by atoms with Gasteiger partial charge < -0.3 is 9.84 Å². The maximum atomic E-state index is 9.77. The first-order valence-electron chi connectivity index (χ1n) is 6.06. The van der Waals surface area contributed by atoms with Crippen LogP contribution in [0.2, 0.25) is 0 Å². The fourth-order valence-corrected chi connectivity index (χ4v) is 2.02. The number of ether oxygens (including phenoxy) is 1. The average Bonchev–Trinajstić information content (AvgIpc) is 2.41. The summed E-state index contributed by atoms with van der Waals surface area (Å²) in [7, 11) is 0. The number of rotatable bonds is 2. The molecule has 0 atom stereocenters. The second kappa shape index (κ2) is 4.61. The van der Waals surface area contributed by atoms with E-state index in [1.807, 2.05) is 43.3 Å². The normalized spacial score (nSPS) is 10.6. The number of para-hydroxylation sites is 3. The molecular weight excluding hydrogens is 238 g/mol. The average molecular weight is 251 g/mol. The molecule has 0 aliphatic heterocycles. The molecule has 3 nitrogen and oxygen atoms in total. The van der Waals surface area contributed by atoms with Crippen molar-refractivity contribution < 1.29 is 9.84 Å². The molecule has 0 spiro atoms. The Hall–Kier alpha value is -2.55. The van der Waals surface area contributed by atoms with Gasteiger partial charge in [-0.2, -0.15) is 0 Å². The highest BCUT2D eigenvalue weighted by Gasteiger charge is 2.08. The van der Waals surface area contributed by atoms with E-state index in [9.17, 15) is 5.11 Å². The summed E-state index contributed by atoms with van der Waals surface area (Å²) < 4.78 is 5.81. The Balaban J connectivity index is 2.13. The van der Waals surface area contributed by atoms with E-state index in [1.54, 1.807) is 18.2 Å². The fraction of sp³-hybridized carbons (Fsp3) is 0.0625. The molecule has 3 rings (SSSR count). The summed E-state index contributed by atoms with van der Waals surface area (Å²) >= 11 is 0. The van der Waals surface area contributed by atoms with Gasteiger partial charge in [0.1, 0.15) is 5.75 Å². The number of aromatic nitrogens is 1. The van der Waals surface area contributed by atoms with Crippen molar-refractivity contribution in [1.82, 2.24) is 4.98 Å². The van der Waals surface area contributed by atoms with Crippen molar-refractivity contribution in [3.8, 4) is 17.2 Å². The van der Waals surface area contributed by atoms with Crippen molar-refractivity contribution in [3.63, 3.8) is 0 Å². The summed E-state index contributed by atoms with van der Waals surface area (Å²) in [6.45, 7) is 1.92. The zero-order valence-corrected chi connectivity index (χ0v) is 10.5. The Kier molecular flexibility index (Phi) is 2.80. The van der Waals surface area contributed by atoms with Crippen LogP contribution in [0.3, 0.4) is 0 Å². The second-order valence-electron chi connectivity index (χ2n) is 4.35. The Morgan fingerprint density at radius 2 is 1.68 bits per heavy atom. The molecule has 3 heteroatoms. The zero-order chi connectivity index (χ0) is 13.2. The van der Waals surface area contributed by atoms with E-state index in [0.29, 0.717) is 11.5 Å². The third kappa shape index (κ3) is 2.22. The molecule has 19 heavy (non-hydrogen) atoms. The molecule has 0 fully saturated rings. The van der Waals surface area contributed by atoms with Crippen molar-refractivity contribution in [2.75, 3.05) is 0 Å². The van der Waals surface area contributed by atoms with E-state index in [1.165, 1.54) is 0 Å². The number of phenolic OH excluding ortho intramolecular Hbond substituents is 1. The van der Waals surface area contributed by atoms with Crippen molar-refractivity contribution >= 4 is 10.9 Å². The minimum atomic E-state index is 0.126. The number of nitrogens with zero attached hydrogens (tertiary/aromatic N) is 1. The quantitative estimate of drug-likeness (QED) is 0.747. The molecule has 0 bridgehead atoms. The summed E-state index contributed by atoms with van der Waals surface area (Å²) in [5.41, 5.74) is 1.76. The molecule has 0 saturated carbocycles. The van der Waals surface area contributed by atoms with Crippen LogP contribution in [0.1, 0.15) is 5.69 Å². The summed E-state index contributed by atoms with van der Waals surface area (Å²) in [5, 5.41) is 10.7. The second-order valence-corrected chi connectivity index (χ2v) is 4.35. The van der Waals surface area contributed by atoms with E-state index in [2.05, 4.69) is 4.98 Å². The Morgan fingerprint density at radius 1 is 0.947 bits per heavy atom. The highest BCUT2D eigenvalue weighted by Crippen LogP contribution is 2.34. The van der Waals surface area contributed by atoms with Crippen LogP contribution in [0.15, 0.2) is 54.6 Å². The standard InChI is InChI=1S/C16H13NO2/c1-11-10-16(12-6-2-3-7-13(12)17-11)19-15-9-5-4-8-14(15)18/h2-10,18H,1H3. The van der Waals surface area contributed by atoms with E-state index in [0.717, 1.165) is 16.6 Å². The fourth-order valence-electron chi connectivity index (χ4n) is 2.02. The topological polar surface area (TPSA) is 42.4 Å². The third-order valence-corrected chi connectivity index (χ3v) is 2.89. The number of phenols is 1. The molecule has 0 aliphatic carbocycles. The lowest BCUT2D eigenvalue weighted by molar-refractivity contribution is 0.413. The number of hydrogen-bond donors (Lipinski definition) is 1. The SMILES string of the molecule is Cc1cc(Oc2ccccc2O)c2ccccc2n1. The molecule has 3 aromatic rings. The Bertz CT molecular complexity index is 738. The molecule has 0 aliphatic rings. The minimum Gasteiger partial charge on any atom is -0.504 e. The number of aromatic hydroxyl groups is 1. The van der Waals surface area contributed by atoms with Crippen molar-refractivity contribution in [2.24, 2.45) is 0 Å². The maximum Gasteiger partial charge on any atom is 0.169 e. The summed E-state index contributed by atoms with van der Waals surface area (Å²) in [4.78, 5) is 4.46. The van der Waals surface area contributed by atoms with Crippen LogP contribution >= 0.6 is 0 Å². The van der Waals surface area contributed by atoms with Gasteiger partial charge in [0.05, 0.1) is 5.52 Å². The van der Waals surface area contributed by atoms with Crippen LogP contribution in [0.5, 0.6) is 17.2 Å². The van der Waals surface area contributed by atoms with Crippen LogP contribution < -0.4 is 4.74 Å². The van der Waals surface area contributed by atoms with E-state index >= 15 is 0 Å². The molecule has 0 unspecified atom stereocenters. The van der Waals surface area contributed by atoms with E-state index in [4.69, 9.17) is 4.74 Å². The monoisotopic (exact) mass is 251 g/mol. The molecular formula is C16H13NO2. The van der Waals surface area contributed by atoms with Crippen LogP contribution in [0, 0.1) is 6.92 Å². The molecule has 0 radical (unpaired) electrons.